The van der Waals surface area contributed by atoms with Gasteiger partial charge in [0.25, 0.3) is 0 Å². The van der Waals surface area contributed by atoms with Gasteiger partial charge in [0.15, 0.2) is 11.5 Å². The number of rotatable bonds is 3. The third-order valence-corrected chi connectivity index (χ3v) is 3.52. The van der Waals surface area contributed by atoms with Gasteiger partial charge in [-0.2, -0.15) is 10.2 Å². The molecule has 0 aliphatic carbocycles. The van der Waals surface area contributed by atoms with E-state index in [1.165, 1.54) is 20.3 Å². The summed E-state index contributed by atoms with van der Waals surface area (Å²) in [7, 11) is 2.88. The molecule has 4 N–H and O–H groups in total. The molecule has 0 aliphatic heterocycles. The van der Waals surface area contributed by atoms with Crippen LogP contribution >= 0.6 is 23.2 Å². The summed E-state index contributed by atoms with van der Waals surface area (Å²) in [6.45, 7) is 0. The third kappa shape index (κ3) is 2.54. The Kier molecular flexibility index (Phi) is 4.45. The van der Waals surface area contributed by atoms with Crippen LogP contribution in [0.2, 0.25) is 10.0 Å². The number of nitrogen functional groups attached to an aromatic ring is 2. The lowest BCUT2D eigenvalue weighted by molar-refractivity contribution is 0.355. The zero-order chi connectivity index (χ0) is 16.4. The highest BCUT2D eigenvalue weighted by molar-refractivity contribution is 6.40. The van der Waals surface area contributed by atoms with Crippen LogP contribution in [-0.4, -0.2) is 24.2 Å². The lowest BCUT2D eigenvalue weighted by Crippen LogP contribution is -2.06. The van der Waals surface area contributed by atoms with Gasteiger partial charge in [-0.1, -0.05) is 23.2 Å². The summed E-state index contributed by atoms with van der Waals surface area (Å²) in [6, 6.07) is 3.41. The van der Waals surface area contributed by atoms with E-state index in [0.717, 1.165) is 0 Å². The van der Waals surface area contributed by atoms with Crippen molar-refractivity contribution in [2.75, 3.05) is 25.7 Å². The Morgan fingerprint density at radius 2 is 1.86 bits per heavy atom. The third-order valence-electron chi connectivity index (χ3n) is 2.87. The predicted molar refractivity (Wildman–Crippen MR) is 84.1 cm³/mol. The summed E-state index contributed by atoms with van der Waals surface area (Å²) in [5.41, 5.74) is 11.7. The summed E-state index contributed by atoms with van der Waals surface area (Å²) in [5.74, 6) is 0.429. The summed E-state index contributed by atoms with van der Waals surface area (Å²) < 4.78 is 10.4. The van der Waals surface area contributed by atoms with Crippen molar-refractivity contribution in [2.24, 2.45) is 0 Å². The van der Waals surface area contributed by atoms with Crippen molar-refractivity contribution in [3.8, 4) is 28.8 Å². The molecule has 0 unspecified atom stereocenters. The molecule has 9 heteroatoms. The molecule has 7 nitrogen and oxygen atoms in total. The molecule has 0 saturated heterocycles. The van der Waals surface area contributed by atoms with E-state index in [0.29, 0.717) is 5.75 Å². The summed E-state index contributed by atoms with van der Waals surface area (Å²) in [4.78, 5) is 7.77. The Hall–Kier alpha value is -2.43. The number of nitrogens with two attached hydrogens (primary N) is 2. The Morgan fingerprint density at radius 3 is 2.41 bits per heavy atom. The largest absolute Gasteiger partial charge is 0.493 e. The van der Waals surface area contributed by atoms with Crippen LogP contribution < -0.4 is 20.9 Å². The van der Waals surface area contributed by atoms with Gasteiger partial charge in [-0.15, -0.1) is 0 Å². The Balaban J connectivity index is 2.88. The average Bonchev–Trinajstić information content (AvgIpc) is 2.46. The van der Waals surface area contributed by atoms with E-state index >= 15 is 0 Å². The van der Waals surface area contributed by atoms with E-state index in [9.17, 15) is 5.26 Å². The molecule has 1 heterocycles. The van der Waals surface area contributed by atoms with Crippen molar-refractivity contribution in [3.63, 3.8) is 0 Å². The van der Waals surface area contributed by atoms with Crippen LogP contribution in [0.1, 0.15) is 5.56 Å². The SMILES string of the molecule is COc1cc(Cl)c(-c2nc(N)nc(N)c2C#N)c(Cl)c1OC. The van der Waals surface area contributed by atoms with Gasteiger partial charge in [0.2, 0.25) is 5.95 Å². The molecule has 0 amide bonds. The number of halogens is 2. The minimum absolute atomic E-state index is 0.0187. The second-order valence-corrected chi connectivity index (χ2v) is 4.87. The zero-order valence-corrected chi connectivity index (χ0v) is 13.2. The van der Waals surface area contributed by atoms with Crippen LogP contribution in [-0.2, 0) is 0 Å². The Bertz CT molecular complexity index is 789. The average molecular weight is 340 g/mol. The number of hydrogen-bond donors (Lipinski definition) is 2. The predicted octanol–water partition coefficient (Wildman–Crippen LogP) is 2.50. The molecule has 1 aromatic heterocycles. The zero-order valence-electron chi connectivity index (χ0n) is 11.6. The van der Waals surface area contributed by atoms with E-state index in [4.69, 9.17) is 44.1 Å². The van der Waals surface area contributed by atoms with Gasteiger partial charge < -0.3 is 20.9 Å². The minimum Gasteiger partial charge on any atom is -0.493 e. The van der Waals surface area contributed by atoms with Crippen molar-refractivity contribution < 1.29 is 9.47 Å². The first-order chi connectivity index (χ1) is 10.4. The van der Waals surface area contributed by atoms with Crippen molar-refractivity contribution in [3.05, 3.63) is 21.7 Å². The fourth-order valence-electron chi connectivity index (χ4n) is 1.93. The summed E-state index contributed by atoms with van der Waals surface area (Å²) in [5, 5.41) is 9.60. The number of anilines is 2. The van der Waals surface area contributed by atoms with E-state index in [-0.39, 0.29) is 44.4 Å². The number of aromatic nitrogens is 2. The van der Waals surface area contributed by atoms with Gasteiger partial charge in [0.05, 0.1) is 30.0 Å². The van der Waals surface area contributed by atoms with Gasteiger partial charge in [-0.05, 0) is 0 Å². The maximum absolute atomic E-state index is 9.27. The second-order valence-electron chi connectivity index (χ2n) is 4.09. The molecule has 1 aromatic carbocycles. The highest BCUT2D eigenvalue weighted by atomic mass is 35.5. The van der Waals surface area contributed by atoms with Gasteiger partial charge in [0, 0.05) is 11.6 Å². The first-order valence-corrected chi connectivity index (χ1v) is 6.63. The smallest absolute Gasteiger partial charge is 0.222 e. The van der Waals surface area contributed by atoms with Crippen LogP contribution in [0.4, 0.5) is 11.8 Å². The second kappa shape index (κ2) is 6.13. The molecule has 0 radical (unpaired) electrons. The van der Waals surface area contributed by atoms with Crippen LogP contribution in [0, 0.1) is 11.3 Å². The van der Waals surface area contributed by atoms with Crippen LogP contribution in [0.15, 0.2) is 6.07 Å². The lowest BCUT2D eigenvalue weighted by atomic mass is 10.1. The van der Waals surface area contributed by atoms with Crippen molar-refractivity contribution in [1.29, 1.82) is 5.26 Å². The molecular weight excluding hydrogens is 329 g/mol. The Labute approximate surface area is 136 Å². The number of hydrogen-bond acceptors (Lipinski definition) is 7. The minimum atomic E-state index is -0.103. The standard InChI is InChI=1S/C13H11Cl2N5O2/c1-21-7-3-6(14)8(9(15)11(7)22-2)10-5(4-16)12(17)20-13(18)19-10/h3H,1-2H3,(H4,17,18,19,20). The molecule has 0 atom stereocenters. The number of benzene rings is 1. The highest BCUT2D eigenvalue weighted by Gasteiger charge is 2.23. The van der Waals surface area contributed by atoms with Crippen LogP contribution in [0.25, 0.3) is 11.3 Å². The number of methoxy groups -OCH3 is 2. The number of nitriles is 1. The molecule has 0 spiro atoms. The summed E-state index contributed by atoms with van der Waals surface area (Å²) in [6.07, 6.45) is 0. The van der Waals surface area contributed by atoms with Gasteiger partial charge in [-0.3, -0.25) is 0 Å². The molecule has 0 aliphatic rings. The van der Waals surface area contributed by atoms with E-state index in [1.807, 2.05) is 6.07 Å². The highest BCUT2D eigenvalue weighted by Crippen LogP contribution is 2.46. The van der Waals surface area contributed by atoms with Gasteiger partial charge in [0.1, 0.15) is 17.5 Å². The van der Waals surface area contributed by atoms with Crippen LogP contribution in [0.5, 0.6) is 11.5 Å². The first-order valence-electron chi connectivity index (χ1n) is 5.88. The van der Waals surface area contributed by atoms with E-state index in [1.54, 1.807) is 0 Å². The van der Waals surface area contributed by atoms with E-state index in [2.05, 4.69) is 9.97 Å². The topological polar surface area (TPSA) is 120 Å². The molecule has 2 aromatic rings. The first kappa shape index (κ1) is 15.9. The number of nitrogens with zero attached hydrogens (tertiary/aromatic N) is 3. The molecule has 114 valence electrons. The van der Waals surface area contributed by atoms with Gasteiger partial charge in [-0.25, -0.2) is 4.98 Å². The maximum atomic E-state index is 9.27. The molecule has 0 bridgehead atoms. The van der Waals surface area contributed by atoms with Crippen molar-refractivity contribution >= 4 is 35.0 Å². The van der Waals surface area contributed by atoms with Crippen LogP contribution in [0.3, 0.4) is 0 Å². The lowest BCUT2D eigenvalue weighted by Gasteiger charge is -2.15. The normalized spacial score (nSPS) is 10.1. The molecule has 0 saturated carbocycles. The Morgan fingerprint density at radius 1 is 1.18 bits per heavy atom. The van der Waals surface area contributed by atoms with E-state index < -0.39 is 0 Å². The monoisotopic (exact) mass is 339 g/mol. The quantitative estimate of drug-likeness (QED) is 0.880. The molecule has 0 fully saturated rings. The fourth-order valence-corrected chi connectivity index (χ4v) is 2.62. The van der Waals surface area contributed by atoms with Gasteiger partial charge >= 0.3 is 0 Å². The molecular formula is C13H11Cl2N5O2. The maximum Gasteiger partial charge on any atom is 0.222 e. The van der Waals surface area contributed by atoms with Crippen molar-refractivity contribution in [2.45, 2.75) is 0 Å². The number of ether oxygens (including phenoxy) is 2. The fraction of sp³-hybridized carbons (Fsp3) is 0.154. The summed E-state index contributed by atoms with van der Waals surface area (Å²) >= 11 is 12.6. The molecule has 2 rings (SSSR count). The van der Waals surface area contributed by atoms with Crippen molar-refractivity contribution in [1.82, 2.24) is 9.97 Å². The molecule has 22 heavy (non-hydrogen) atoms.